The summed E-state index contributed by atoms with van der Waals surface area (Å²) >= 11 is 0. The van der Waals surface area contributed by atoms with E-state index in [2.05, 4.69) is 26.1 Å². The van der Waals surface area contributed by atoms with E-state index in [9.17, 15) is 4.79 Å². The predicted octanol–water partition coefficient (Wildman–Crippen LogP) is 2.60. The Bertz CT molecular complexity index is 210. The SMILES string of the molecule is COC(C)(C)C(=O)NCCCC(C)(C)C.[HH]. The van der Waals surface area contributed by atoms with Gasteiger partial charge in [0.15, 0.2) is 0 Å². The van der Waals surface area contributed by atoms with E-state index in [1.54, 1.807) is 21.0 Å². The van der Waals surface area contributed by atoms with Crippen molar-refractivity contribution in [3.05, 3.63) is 0 Å². The minimum absolute atomic E-state index is 0. The molecule has 0 fully saturated rings. The molecule has 15 heavy (non-hydrogen) atoms. The Labute approximate surface area is 95.1 Å². The highest BCUT2D eigenvalue weighted by Gasteiger charge is 2.26. The molecule has 0 rings (SSSR count). The standard InChI is InChI=1S/C12H25NO2.H2/c1-11(2,3)8-7-9-13-10(14)12(4,5)15-6;/h7-9H2,1-6H3,(H,13,14);1H. The highest BCUT2D eigenvalue weighted by molar-refractivity contribution is 5.84. The fourth-order valence-electron chi connectivity index (χ4n) is 1.13. The number of hydrogen-bond donors (Lipinski definition) is 1. The van der Waals surface area contributed by atoms with Crippen molar-refractivity contribution in [2.24, 2.45) is 5.41 Å². The van der Waals surface area contributed by atoms with E-state index >= 15 is 0 Å². The number of nitrogens with one attached hydrogen (secondary N) is 1. The molecular weight excluding hydrogens is 190 g/mol. The van der Waals surface area contributed by atoms with Crippen LogP contribution in [0.2, 0.25) is 0 Å². The summed E-state index contributed by atoms with van der Waals surface area (Å²) in [5, 5.41) is 2.88. The zero-order chi connectivity index (χ0) is 12.1. The van der Waals surface area contributed by atoms with Crippen LogP contribution in [0.15, 0.2) is 0 Å². The molecule has 0 aromatic rings. The third kappa shape index (κ3) is 6.50. The minimum atomic E-state index is -0.721. The van der Waals surface area contributed by atoms with E-state index in [-0.39, 0.29) is 7.33 Å². The summed E-state index contributed by atoms with van der Waals surface area (Å²) in [7, 11) is 1.55. The Kier molecular flexibility index (Phi) is 5.29. The van der Waals surface area contributed by atoms with Crippen LogP contribution in [0, 0.1) is 5.41 Å². The van der Waals surface area contributed by atoms with Crippen molar-refractivity contribution < 1.29 is 11.0 Å². The molecule has 0 aliphatic rings. The largest absolute Gasteiger partial charge is 0.369 e. The first-order chi connectivity index (χ1) is 6.69. The van der Waals surface area contributed by atoms with Crippen molar-refractivity contribution in [1.82, 2.24) is 5.32 Å². The Morgan fingerprint density at radius 2 is 1.80 bits per heavy atom. The Morgan fingerprint density at radius 3 is 2.20 bits per heavy atom. The molecule has 0 unspecified atom stereocenters. The van der Waals surface area contributed by atoms with Crippen molar-refractivity contribution >= 4 is 5.91 Å². The molecule has 0 atom stereocenters. The monoisotopic (exact) mass is 217 g/mol. The van der Waals surface area contributed by atoms with Gasteiger partial charge in [-0.05, 0) is 32.1 Å². The Morgan fingerprint density at radius 1 is 1.27 bits per heavy atom. The average molecular weight is 217 g/mol. The lowest BCUT2D eigenvalue weighted by molar-refractivity contribution is -0.139. The molecule has 1 N–H and O–H groups in total. The van der Waals surface area contributed by atoms with Crippen LogP contribution in [0.1, 0.15) is 48.9 Å². The second-order valence-corrected chi connectivity index (χ2v) is 5.63. The molecule has 0 heterocycles. The molecule has 1 amide bonds. The summed E-state index contributed by atoms with van der Waals surface area (Å²) in [6, 6.07) is 0. The lowest BCUT2D eigenvalue weighted by Gasteiger charge is -2.22. The first-order valence-electron chi connectivity index (χ1n) is 5.52. The van der Waals surface area contributed by atoms with Gasteiger partial charge in [0, 0.05) is 15.1 Å². The van der Waals surface area contributed by atoms with Crippen molar-refractivity contribution in [3.8, 4) is 0 Å². The summed E-state index contributed by atoms with van der Waals surface area (Å²) in [4.78, 5) is 11.6. The van der Waals surface area contributed by atoms with E-state index in [4.69, 9.17) is 4.74 Å². The van der Waals surface area contributed by atoms with Gasteiger partial charge in [-0.3, -0.25) is 4.79 Å². The fourth-order valence-corrected chi connectivity index (χ4v) is 1.13. The maximum atomic E-state index is 11.6. The Hall–Kier alpha value is -0.570. The Balaban J connectivity index is 0. The molecule has 0 aliphatic carbocycles. The van der Waals surface area contributed by atoms with E-state index in [0.29, 0.717) is 5.41 Å². The molecule has 0 aliphatic heterocycles. The van der Waals surface area contributed by atoms with Crippen molar-refractivity contribution in [2.75, 3.05) is 13.7 Å². The first-order valence-corrected chi connectivity index (χ1v) is 5.52. The summed E-state index contributed by atoms with van der Waals surface area (Å²) in [6.45, 7) is 10.9. The molecule has 0 aromatic carbocycles. The maximum absolute atomic E-state index is 11.6. The molecule has 0 saturated heterocycles. The van der Waals surface area contributed by atoms with Gasteiger partial charge in [-0.25, -0.2) is 0 Å². The molecule has 0 radical (unpaired) electrons. The third-order valence-electron chi connectivity index (χ3n) is 2.45. The molecule has 92 valence electrons. The number of methoxy groups -OCH3 is 1. The van der Waals surface area contributed by atoms with Crippen LogP contribution < -0.4 is 5.32 Å². The highest BCUT2D eigenvalue weighted by Crippen LogP contribution is 2.19. The molecule has 3 heteroatoms. The zero-order valence-corrected chi connectivity index (χ0v) is 10.9. The van der Waals surface area contributed by atoms with Crippen LogP contribution >= 0.6 is 0 Å². The number of amides is 1. The van der Waals surface area contributed by atoms with Crippen LogP contribution in [-0.2, 0) is 9.53 Å². The quantitative estimate of drug-likeness (QED) is 0.719. The number of carbonyl (C=O) groups excluding carboxylic acids is 1. The fraction of sp³-hybridized carbons (Fsp3) is 0.917. The topological polar surface area (TPSA) is 38.3 Å². The third-order valence-corrected chi connectivity index (χ3v) is 2.45. The normalized spacial score (nSPS) is 12.7. The number of rotatable bonds is 5. The molecule has 0 spiro atoms. The maximum Gasteiger partial charge on any atom is 0.251 e. The van der Waals surface area contributed by atoms with Crippen LogP contribution in [0.4, 0.5) is 0 Å². The van der Waals surface area contributed by atoms with Crippen LogP contribution in [-0.4, -0.2) is 25.2 Å². The minimum Gasteiger partial charge on any atom is -0.369 e. The van der Waals surface area contributed by atoms with Gasteiger partial charge >= 0.3 is 0 Å². The first kappa shape index (κ1) is 14.4. The average Bonchev–Trinajstić information content (AvgIpc) is 2.10. The molecule has 0 bridgehead atoms. The van der Waals surface area contributed by atoms with Crippen LogP contribution in [0.5, 0.6) is 0 Å². The number of hydrogen-bond acceptors (Lipinski definition) is 2. The summed E-state index contributed by atoms with van der Waals surface area (Å²) < 4.78 is 5.09. The second kappa shape index (κ2) is 5.50. The van der Waals surface area contributed by atoms with Gasteiger partial charge in [-0.15, -0.1) is 0 Å². The van der Waals surface area contributed by atoms with Gasteiger partial charge in [0.05, 0.1) is 0 Å². The lowest BCUT2D eigenvalue weighted by Crippen LogP contribution is -2.43. The lowest BCUT2D eigenvalue weighted by atomic mass is 9.90. The molecular formula is C12H27NO2. The predicted molar refractivity (Wildman–Crippen MR) is 64.9 cm³/mol. The van der Waals surface area contributed by atoms with Gasteiger partial charge in [0.1, 0.15) is 5.60 Å². The van der Waals surface area contributed by atoms with Gasteiger partial charge < -0.3 is 10.1 Å². The van der Waals surface area contributed by atoms with E-state index in [1.807, 2.05) is 0 Å². The van der Waals surface area contributed by atoms with Crippen molar-refractivity contribution in [1.29, 1.82) is 0 Å². The highest BCUT2D eigenvalue weighted by atomic mass is 16.5. The van der Waals surface area contributed by atoms with E-state index in [0.717, 1.165) is 19.4 Å². The zero-order valence-electron chi connectivity index (χ0n) is 10.9. The summed E-state index contributed by atoms with van der Waals surface area (Å²) in [5.74, 6) is -0.0427. The number of carbonyl (C=O) groups is 1. The van der Waals surface area contributed by atoms with Crippen molar-refractivity contribution in [3.63, 3.8) is 0 Å². The van der Waals surface area contributed by atoms with E-state index in [1.165, 1.54) is 0 Å². The molecule has 3 nitrogen and oxygen atoms in total. The van der Waals surface area contributed by atoms with Gasteiger partial charge in [0.25, 0.3) is 5.91 Å². The van der Waals surface area contributed by atoms with Gasteiger partial charge in [-0.2, -0.15) is 0 Å². The summed E-state index contributed by atoms with van der Waals surface area (Å²) in [6.07, 6.45) is 2.12. The van der Waals surface area contributed by atoms with E-state index < -0.39 is 5.60 Å². The molecule has 0 aromatic heterocycles. The van der Waals surface area contributed by atoms with Gasteiger partial charge in [-0.1, -0.05) is 20.8 Å². The van der Waals surface area contributed by atoms with Crippen LogP contribution in [0.3, 0.4) is 0 Å². The van der Waals surface area contributed by atoms with Crippen LogP contribution in [0.25, 0.3) is 0 Å². The molecule has 0 saturated carbocycles. The number of ether oxygens (including phenoxy) is 1. The van der Waals surface area contributed by atoms with Gasteiger partial charge in [0.2, 0.25) is 0 Å². The smallest absolute Gasteiger partial charge is 0.251 e. The van der Waals surface area contributed by atoms with Crippen molar-refractivity contribution in [2.45, 2.75) is 53.1 Å². The summed E-state index contributed by atoms with van der Waals surface area (Å²) in [5.41, 5.74) is -0.386. The second-order valence-electron chi connectivity index (χ2n) is 5.63.